The summed E-state index contributed by atoms with van der Waals surface area (Å²) < 4.78 is 0. The van der Waals surface area contributed by atoms with E-state index in [1.54, 1.807) is 0 Å². The second-order valence-electron chi connectivity index (χ2n) is 1.58. The Labute approximate surface area is 69.5 Å². The molecule has 0 aromatic carbocycles. The molecule has 0 atom stereocenters. The zero-order chi connectivity index (χ0) is 5.86. The van der Waals surface area contributed by atoms with Gasteiger partial charge in [-0.05, 0) is 13.8 Å². The summed E-state index contributed by atoms with van der Waals surface area (Å²) in [6, 6.07) is 0. The molecule has 0 saturated carbocycles. The Balaban J connectivity index is -0.0000000600. The van der Waals surface area contributed by atoms with Crippen molar-refractivity contribution in [3.05, 3.63) is 0 Å². The number of Topliss-reactive ketones (excluding diaryl/α,β-unsaturated/α-hetero) is 2. The van der Waals surface area contributed by atoms with Gasteiger partial charge in [-0.15, -0.1) is 0 Å². The molecule has 0 aromatic heterocycles. The van der Waals surface area contributed by atoms with Crippen LogP contribution in [0.1, 0.15) is 20.3 Å². The van der Waals surface area contributed by atoms with E-state index >= 15 is 0 Å². The Morgan fingerprint density at radius 2 is 1.20 bits per heavy atom. The van der Waals surface area contributed by atoms with E-state index in [-0.39, 0.29) is 45.4 Å². The fourth-order valence-electron chi connectivity index (χ4n) is 0.351. The molecule has 0 amide bonds. The van der Waals surface area contributed by atoms with Gasteiger partial charge in [0.25, 0.3) is 0 Å². The molecule has 5 heteroatoms. The van der Waals surface area contributed by atoms with Crippen LogP contribution in [-0.2, 0) is 26.1 Å². The average molecular weight is 195 g/mol. The summed E-state index contributed by atoms with van der Waals surface area (Å²) in [4.78, 5) is 20.1. The minimum Gasteiger partial charge on any atom is -0.412 e. The smallest absolute Gasteiger partial charge is 0.137 e. The summed E-state index contributed by atoms with van der Waals surface area (Å²) in [5, 5.41) is 0. The first-order chi connectivity index (χ1) is 3.13. The number of hydrogen-bond acceptors (Lipinski definition) is 2. The van der Waals surface area contributed by atoms with Gasteiger partial charge in [-0.2, -0.15) is 0 Å². The van der Waals surface area contributed by atoms with E-state index in [0.29, 0.717) is 0 Å². The largest absolute Gasteiger partial charge is 0.412 e. The van der Waals surface area contributed by atoms with Crippen LogP contribution in [0.3, 0.4) is 0 Å². The molecule has 0 rings (SSSR count). The van der Waals surface area contributed by atoms with Crippen LogP contribution in [0.25, 0.3) is 0 Å². The fraction of sp³-hybridized carbons (Fsp3) is 0.600. The first kappa shape index (κ1) is 22.6. The molecule has 0 heterocycles. The van der Waals surface area contributed by atoms with Crippen molar-refractivity contribution in [1.29, 1.82) is 0 Å². The molecule has 4 nitrogen and oxygen atoms in total. The molecule has 0 aromatic rings. The third-order valence-corrected chi connectivity index (χ3v) is 0.498. The van der Waals surface area contributed by atoms with Crippen LogP contribution in [-0.4, -0.2) is 22.5 Å². The molecule has 0 fully saturated rings. The predicted octanol–water partition coefficient (Wildman–Crippen LogP) is -1.10. The molecule has 4 N–H and O–H groups in total. The first-order valence-corrected chi connectivity index (χ1v) is 2.12. The number of carbonyl (C=O) groups excluding carboxylic acids is 2. The van der Waals surface area contributed by atoms with Crippen molar-refractivity contribution in [2.24, 2.45) is 0 Å². The Kier molecular flexibility index (Phi) is 26.0. The van der Waals surface area contributed by atoms with E-state index in [1.807, 2.05) is 0 Å². The van der Waals surface area contributed by atoms with Gasteiger partial charge in [0, 0.05) is 16.5 Å². The molecule has 0 aliphatic rings. The molecule has 0 radical (unpaired) electrons. The molecule has 0 saturated heterocycles. The molecule has 10 heavy (non-hydrogen) atoms. The Morgan fingerprint density at radius 1 is 1.00 bits per heavy atom. The molecular formula is C5H12NiO4. The zero-order valence-corrected chi connectivity index (χ0v) is 6.83. The van der Waals surface area contributed by atoms with Crippen molar-refractivity contribution in [3.63, 3.8) is 0 Å². The third-order valence-electron chi connectivity index (χ3n) is 0.498. The molecule has 0 bridgehead atoms. The maximum Gasteiger partial charge on any atom is 0.137 e. The SMILES string of the molecule is CC(=O)CC(C)=O.O.O.[Ni]. The maximum atomic E-state index is 10.0. The zero-order valence-electron chi connectivity index (χ0n) is 5.84. The van der Waals surface area contributed by atoms with Gasteiger partial charge in [0.2, 0.25) is 0 Å². The van der Waals surface area contributed by atoms with Gasteiger partial charge in [0.05, 0.1) is 6.42 Å². The molecule has 0 spiro atoms. The number of rotatable bonds is 2. The third kappa shape index (κ3) is 25.1. The van der Waals surface area contributed by atoms with Crippen molar-refractivity contribution < 1.29 is 37.0 Å². The van der Waals surface area contributed by atoms with E-state index < -0.39 is 0 Å². The predicted molar refractivity (Wildman–Crippen MR) is 33.2 cm³/mol. The van der Waals surface area contributed by atoms with Crippen LogP contribution in [0.4, 0.5) is 0 Å². The van der Waals surface area contributed by atoms with Gasteiger partial charge < -0.3 is 11.0 Å². The van der Waals surface area contributed by atoms with Gasteiger partial charge in [0.1, 0.15) is 11.6 Å². The summed E-state index contributed by atoms with van der Waals surface area (Å²) >= 11 is 0. The van der Waals surface area contributed by atoms with Crippen molar-refractivity contribution in [1.82, 2.24) is 0 Å². The normalized spacial score (nSPS) is 5.80. The molecule has 0 unspecified atom stereocenters. The Hall–Kier alpha value is -0.246. The molecule has 0 aliphatic carbocycles. The van der Waals surface area contributed by atoms with Gasteiger partial charge in [-0.1, -0.05) is 0 Å². The van der Waals surface area contributed by atoms with Crippen molar-refractivity contribution in [3.8, 4) is 0 Å². The average Bonchev–Trinajstić information content (AvgIpc) is 1.27. The van der Waals surface area contributed by atoms with E-state index in [9.17, 15) is 9.59 Å². The fourth-order valence-corrected chi connectivity index (χ4v) is 0.351. The van der Waals surface area contributed by atoms with E-state index in [4.69, 9.17) is 0 Å². The Bertz CT molecular complexity index is 89.8. The van der Waals surface area contributed by atoms with E-state index in [0.717, 1.165) is 0 Å². The number of hydrogen-bond donors (Lipinski definition) is 0. The van der Waals surface area contributed by atoms with Gasteiger partial charge in [-0.25, -0.2) is 0 Å². The van der Waals surface area contributed by atoms with E-state index in [2.05, 4.69) is 0 Å². The number of carbonyl (C=O) groups is 2. The first-order valence-electron chi connectivity index (χ1n) is 2.12. The second kappa shape index (κ2) is 11.5. The molecule has 0 aliphatic heterocycles. The topological polar surface area (TPSA) is 97.1 Å². The molecule has 66 valence electrons. The van der Waals surface area contributed by atoms with Crippen molar-refractivity contribution in [2.45, 2.75) is 20.3 Å². The van der Waals surface area contributed by atoms with Crippen LogP contribution in [0.15, 0.2) is 0 Å². The van der Waals surface area contributed by atoms with Gasteiger partial charge in [0.15, 0.2) is 0 Å². The maximum absolute atomic E-state index is 10.0. The van der Waals surface area contributed by atoms with Crippen molar-refractivity contribution >= 4 is 11.6 Å². The van der Waals surface area contributed by atoms with Gasteiger partial charge in [-0.3, -0.25) is 9.59 Å². The summed E-state index contributed by atoms with van der Waals surface area (Å²) in [6.07, 6.45) is 0.0833. The monoisotopic (exact) mass is 194 g/mol. The minimum absolute atomic E-state index is 0. The summed E-state index contributed by atoms with van der Waals surface area (Å²) in [6.45, 7) is 2.81. The van der Waals surface area contributed by atoms with Gasteiger partial charge >= 0.3 is 0 Å². The van der Waals surface area contributed by atoms with Crippen LogP contribution in [0.2, 0.25) is 0 Å². The van der Waals surface area contributed by atoms with Crippen molar-refractivity contribution in [2.75, 3.05) is 0 Å². The van der Waals surface area contributed by atoms with Crippen LogP contribution < -0.4 is 0 Å². The minimum atomic E-state index is -0.0625. The standard InChI is InChI=1S/C5H8O2.Ni.2H2O/c1-4(6)3-5(2)7;;;/h3H2,1-2H3;;2*1H2. The quantitative estimate of drug-likeness (QED) is 0.412. The van der Waals surface area contributed by atoms with E-state index in [1.165, 1.54) is 13.8 Å². The summed E-state index contributed by atoms with van der Waals surface area (Å²) in [5.74, 6) is -0.125. The summed E-state index contributed by atoms with van der Waals surface area (Å²) in [7, 11) is 0. The summed E-state index contributed by atoms with van der Waals surface area (Å²) in [5.41, 5.74) is 0. The second-order valence-corrected chi connectivity index (χ2v) is 1.58. The molecular weight excluding hydrogens is 183 g/mol. The van der Waals surface area contributed by atoms with Crippen LogP contribution in [0.5, 0.6) is 0 Å². The van der Waals surface area contributed by atoms with Crippen LogP contribution >= 0.6 is 0 Å². The Morgan fingerprint density at radius 3 is 1.20 bits per heavy atom. The number of ketones is 2. The van der Waals surface area contributed by atoms with Crippen LogP contribution in [0, 0.1) is 0 Å².